The Morgan fingerprint density at radius 2 is 2.26 bits per heavy atom. The first kappa shape index (κ1) is 14.6. The zero-order chi connectivity index (χ0) is 13.9. The molecule has 0 aromatic heterocycles. The van der Waals surface area contributed by atoms with Gasteiger partial charge in [0.15, 0.2) is 0 Å². The van der Waals surface area contributed by atoms with Crippen molar-refractivity contribution < 1.29 is 13.2 Å². The maximum absolute atomic E-state index is 12.1. The summed E-state index contributed by atoms with van der Waals surface area (Å²) in [5.41, 5.74) is 5.82. The van der Waals surface area contributed by atoms with Crippen LogP contribution in [-0.2, 0) is 14.8 Å². The highest BCUT2D eigenvalue weighted by Gasteiger charge is 2.19. The summed E-state index contributed by atoms with van der Waals surface area (Å²) in [5.74, 6) is 0. The Morgan fingerprint density at radius 3 is 2.89 bits per heavy atom. The van der Waals surface area contributed by atoms with Crippen molar-refractivity contribution in [1.29, 1.82) is 0 Å². The van der Waals surface area contributed by atoms with Crippen LogP contribution in [-0.4, -0.2) is 27.7 Å². The molecule has 1 unspecified atom stereocenters. The number of rotatable bonds is 5. The van der Waals surface area contributed by atoms with Crippen LogP contribution < -0.4 is 10.5 Å². The largest absolute Gasteiger partial charge is 0.398 e. The quantitative estimate of drug-likeness (QED) is 0.812. The Kier molecular flexibility index (Phi) is 4.67. The number of benzene rings is 1. The van der Waals surface area contributed by atoms with Crippen LogP contribution >= 0.6 is 11.6 Å². The molecule has 0 aliphatic carbocycles. The number of hydrogen-bond acceptors (Lipinski definition) is 4. The van der Waals surface area contributed by atoms with Crippen LogP contribution in [0.25, 0.3) is 0 Å². The summed E-state index contributed by atoms with van der Waals surface area (Å²) < 4.78 is 32.1. The van der Waals surface area contributed by atoms with Crippen molar-refractivity contribution in [1.82, 2.24) is 4.72 Å². The third kappa shape index (κ3) is 3.82. The Bertz CT molecular complexity index is 542. The van der Waals surface area contributed by atoms with Gasteiger partial charge < -0.3 is 10.5 Å². The first-order valence-corrected chi connectivity index (χ1v) is 8.01. The molecule has 1 aliphatic heterocycles. The second kappa shape index (κ2) is 6.09. The minimum Gasteiger partial charge on any atom is -0.398 e. The first-order chi connectivity index (χ1) is 8.99. The van der Waals surface area contributed by atoms with E-state index in [0.717, 1.165) is 19.4 Å². The summed E-state index contributed by atoms with van der Waals surface area (Å²) in [5, 5.41) is 0.413. The summed E-state index contributed by atoms with van der Waals surface area (Å²) in [6, 6.07) is 4.34. The number of halogens is 1. The zero-order valence-corrected chi connectivity index (χ0v) is 12.0. The number of anilines is 1. The predicted octanol–water partition coefficient (Wildman–Crippen LogP) is 1.77. The van der Waals surface area contributed by atoms with Crippen molar-refractivity contribution in [3.05, 3.63) is 23.2 Å². The molecule has 19 heavy (non-hydrogen) atoms. The topological polar surface area (TPSA) is 81.4 Å². The fourth-order valence-corrected chi connectivity index (χ4v) is 3.41. The van der Waals surface area contributed by atoms with E-state index in [1.54, 1.807) is 0 Å². The number of nitrogen functional groups attached to an aromatic ring is 1. The molecule has 1 heterocycles. The molecule has 0 amide bonds. The molecule has 7 heteroatoms. The van der Waals surface area contributed by atoms with Gasteiger partial charge in [-0.2, -0.15) is 0 Å². The van der Waals surface area contributed by atoms with Crippen molar-refractivity contribution in [3.8, 4) is 0 Å². The van der Waals surface area contributed by atoms with E-state index in [4.69, 9.17) is 22.1 Å². The van der Waals surface area contributed by atoms with Gasteiger partial charge in [-0.05, 0) is 37.5 Å². The maximum atomic E-state index is 12.1. The lowest BCUT2D eigenvalue weighted by molar-refractivity contribution is 0.105. The molecule has 1 aromatic rings. The molecule has 3 N–H and O–H groups in total. The Labute approximate surface area is 118 Å². The molecule has 106 valence electrons. The smallest absolute Gasteiger partial charge is 0.242 e. The molecule has 1 atom stereocenters. The van der Waals surface area contributed by atoms with Gasteiger partial charge in [0.25, 0.3) is 0 Å². The Morgan fingerprint density at radius 1 is 1.47 bits per heavy atom. The first-order valence-electron chi connectivity index (χ1n) is 6.15. The molecular weight excluding hydrogens is 288 g/mol. The minimum atomic E-state index is -3.59. The summed E-state index contributed by atoms with van der Waals surface area (Å²) in [6.07, 6.45) is 2.87. The summed E-state index contributed by atoms with van der Waals surface area (Å²) in [6.45, 7) is 1.11. The van der Waals surface area contributed by atoms with Gasteiger partial charge in [0.1, 0.15) is 4.90 Å². The van der Waals surface area contributed by atoms with Gasteiger partial charge in [-0.3, -0.25) is 0 Å². The molecule has 1 fully saturated rings. The molecule has 0 saturated carbocycles. The lowest BCUT2D eigenvalue weighted by Crippen LogP contribution is -2.27. The van der Waals surface area contributed by atoms with Crippen LogP contribution in [0.5, 0.6) is 0 Å². The molecule has 0 bridgehead atoms. The normalized spacial score (nSPS) is 19.7. The van der Waals surface area contributed by atoms with E-state index in [9.17, 15) is 8.42 Å². The van der Waals surface area contributed by atoms with Crippen molar-refractivity contribution in [2.75, 3.05) is 18.9 Å². The Balaban J connectivity index is 1.97. The molecule has 5 nitrogen and oxygen atoms in total. The number of nitrogens with one attached hydrogen (secondary N) is 1. The SMILES string of the molecule is Nc1cc(Cl)ccc1S(=O)(=O)NCCC1CCCO1. The van der Waals surface area contributed by atoms with E-state index in [1.165, 1.54) is 18.2 Å². The minimum absolute atomic E-state index is 0.0595. The number of hydrogen-bond donors (Lipinski definition) is 2. The number of sulfonamides is 1. The number of ether oxygens (including phenoxy) is 1. The molecule has 0 spiro atoms. The Hall–Kier alpha value is -0.820. The molecular formula is C12H17ClN2O3S. The molecule has 1 aliphatic rings. The highest BCUT2D eigenvalue weighted by molar-refractivity contribution is 7.89. The zero-order valence-electron chi connectivity index (χ0n) is 10.4. The third-order valence-corrected chi connectivity index (χ3v) is 4.81. The lowest BCUT2D eigenvalue weighted by Gasteiger charge is -2.12. The molecule has 1 aromatic carbocycles. The van der Waals surface area contributed by atoms with Gasteiger partial charge in [-0.1, -0.05) is 11.6 Å². The van der Waals surface area contributed by atoms with E-state index in [0.29, 0.717) is 18.0 Å². The monoisotopic (exact) mass is 304 g/mol. The predicted molar refractivity (Wildman–Crippen MR) is 74.6 cm³/mol. The van der Waals surface area contributed by atoms with E-state index in [2.05, 4.69) is 4.72 Å². The highest BCUT2D eigenvalue weighted by atomic mass is 35.5. The molecule has 2 rings (SSSR count). The van der Waals surface area contributed by atoms with Crippen molar-refractivity contribution in [3.63, 3.8) is 0 Å². The van der Waals surface area contributed by atoms with Crippen LogP contribution in [0.2, 0.25) is 5.02 Å². The van der Waals surface area contributed by atoms with Gasteiger partial charge in [0, 0.05) is 18.2 Å². The van der Waals surface area contributed by atoms with Crippen LogP contribution in [0.15, 0.2) is 23.1 Å². The second-order valence-corrected chi connectivity index (χ2v) is 6.68. The van der Waals surface area contributed by atoms with E-state index in [1.807, 2.05) is 0 Å². The fraction of sp³-hybridized carbons (Fsp3) is 0.500. The standard InChI is InChI=1S/C12H17ClN2O3S/c13-9-3-4-12(11(14)8-9)19(16,17)15-6-5-10-2-1-7-18-10/h3-4,8,10,15H,1-2,5-7,14H2. The van der Waals surface area contributed by atoms with Crippen molar-refractivity contribution >= 4 is 27.3 Å². The third-order valence-electron chi connectivity index (χ3n) is 3.04. The maximum Gasteiger partial charge on any atom is 0.242 e. The van der Waals surface area contributed by atoms with Gasteiger partial charge in [0.2, 0.25) is 10.0 Å². The van der Waals surface area contributed by atoms with Gasteiger partial charge in [-0.25, -0.2) is 13.1 Å². The van der Waals surface area contributed by atoms with Crippen molar-refractivity contribution in [2.45, 2.75) is 30.3 Å². The molecule has 1 saturated heterocycles. The summed E-state index contributed by atoms with van der Waals surface area (Å²) in [4.78, 5) is 0.0595. The lowest BCUT2D eigenvalue weighted by atomic mass is 10.2. The van der Waals surface area contributed by atoms with Crippen LogP contribution in [0.4, 0.5) is 5.69 Å². The average molecular weight is 305 g/mol. The second-order valence-electron chi connectivity index (χ2n) is 4.50. The van der Waals surface area contributed by atoms with Crippen LogP contribution in [0.1, 0.15) is 19.3 Å². The van der Waals surface area contributed by atoms with Crippen LogP contribution in [0, 0.1) is 0 Å². The average Bonchev–Trinajstić information content (AvgIpc) is 2.81. The van der Waals surface area contributed by atoms with Crippen LogP contribution in [0.3, 0.4) is 0 Å². The molecule has 0 radical (unpaired) electrons. The fourth-order valence-electron chi connectivity index (χ4n) is 2.07. The van der Waals surface area contributed by atoms with Crippen molar-refractivity contribution in [2.24, 2.45) is 0 Å². The van der Waals surface area contributed by atoms with E-state index < -0.39 is 10.0 Å². The summed E-state index contributed by atoms with van der Waals surface area (Å²) in [7, 11) is -3.59. The van der Waals surface area contributed by atoms with Gasteiger partial charge >= 0.3 is 0 Å². The van der Waals surface area contributed by atoms with Gasteiger partial charge in [-0.15, -0.1) is 0 Å². The number of nitrogens with two attached hydrogens (primary N) is 1. The van der Waals surface area contributed by atoms with E-state index >= 15 is 0 Å². The van der Waals surface area contributed by atoms with Gasteiger partial charge in [0.05, 0.1) is 11.8 Å². The van der Waals surface area contributed by atoms with E-state index in [-0.39, 0.29) is 16.7 Å². The summed E-state index contributed by atoms with van der Waals surface area (Å²) >= 11 is 5.75. The highest BCUT2D eigenvalue weighted by Crippen LogP contribution is 2.22.